The van der Waals surface area contributed by atoms with Gasteiger partial charge in [0.2, 0.25) is 5.91 Å². The largest absolute Gasteiger partial charge is 0.340 e. The number of nitrogens with two attached hydrogens (primary N) is 1. The Balaban J connectivity index is 1.85. The Labute approximate surface area is 138 Å². The van der Waals surface area contributed by atoms with Crippen molar-refractivity contribution in [2.75, 3.05) is 50.8 Å². The van der Waals surface area contributed by atoms with Crippen molar-refractivity contribution in [1.82, 2.24) is 9.80 Å². The lowest BCUT2D eigenvalue weighted by Gasteiger charge is -2.29. The second-order valence-corrected chi connectivity index (χ2v) is 8.14. The molecule has 1 heterocycles. The number of sulfone groups is 1. The minimum absolute atomic E-state index is 0.0191. The SMILES string of the molecule is NCCN(CCc1ccccc1)C(=O)CN1CCS(=O)(=O)CC1. The van der Waals surface area contributed by atoms with Gasteiger partial charge in [0.25, 0.3) is 0 Å². The van der Waals surface area contributed by atoms with E-state index in [4.69, 9.17) is 5.73 Å². The molecule has 0 spiro atoms. The van der Waals surface area contributed by atoms with Crippen molar-refractivity contribution >= 4 is 15.7 Å². The van der Waals surface area contributed by atoms with Crippen molar-refractivity contribution < 1.29 is 13.2 Å². The van der Waals surface area contributed by atoms with E-state index >= 15 is 0 Å². The summed E-state index contributed by atoms with van der Waals surface area (Å²) >= 11 is 0. The fraction of sp³-hybridized carbons (Fsp3) is 0.562. The highest BCUT2D eigenvalue weighted by molar-refractivity contribution is 7.91. The van der Waals surface area contributed by atoms with Crippen LogP contribution in [0.1, 0.15) is 5.56 Å². The summed E-state index contributed by atoms with van der Waals surface area (Å²) in [5.41, 5.74) is 6.80. The molecule has 6 nitrogen and oxygen atoms in total. The van der Waals surface area contributed by atoms with Gasteiger partial charge >= 0.3 is 0 Å². The topological polar surface area (TPSA) is 83.7 Å². The number of hydrogen-bond donors (Lipinski definition) is 1. The molecule has 7 heteroatoms. The molecular weight excluding hydrogens is 314 g/mol. The van der Waals surface area contributed by atoms with Crippen LogP contribution in [0.5, 0.6) is 0 Å². The number of hydrogen-bond acceptors (Lipinski definition) is 5. The van der Waals surface area contributed by atoms with Crippen LogP contribution in [0.15, 0.2) is 30.3 Å². The highest BCUT2D eigenvalue weighted by Crippen LogP contribution is 2.06. The Morgan fingerprint density at radius 1 is 1.13 bits per heavy atom. The van der Waals surface area contributed by atoms with Gasteiger partial charge < -0.3 is 10.6 Å². The third-order valence-electron chi connectivity index (χ3n) is 4.06. The molecule has 1 aromatic rings. The summed E-state index contributed by atoms with van der Waals surface area (Å²) in [7, 11) is -2.91. The molecule has 1 fully saturated rings. The van der Waals surface area contributed by atoms with E-state index in [-0.39, 0.29) is 24.0 Å². The quantitative estimate of drug-likeness (QED) is 0.740. The zero-order chi connectivity index (χ0) is 16.7. The molecule has 0 bridgehead atoms. The van der Waals surface area contributed by atoms with Gasteiger partial charge in [-0.2, -0.15) is 0 Å². The van der Waals surface area contributed by atoms with E-state index < -0.39 is 9.84 Å². The van der Waals surface area contributed by atoms with Gasteiger partial charge in [-0.15, -0.1) is 0 Å². The molecule has 1 saturated heterocycles. The third-order valence-corrected chi connectivity index (χ3v) is 5.67. The van der Waals surface area contributed by atoms with Gasteiger partial charge in [-0.1, -0.05) is 30.3 Å². The monoisotopic (exact) mass is 339 g/mol. The van der Waals surface area contributed by atoms with Crippen molar-refractivity contribution in [1.29, 1.82) is 0 Å². The maximum absolute atomic E-state index is 12.5. The van der Waals surface area contributed by atoms with Gasteiger partial charge in [-0.3, -0.25) is 9.69 Å². The van der Waals surface area contributed by atoms with Crippen LogP contribution in [0.25, 0.3) is 0 Å². The van der Waals surface area contributed by atoms with Crippen LogP contribution in [0.4, 0.5) is 0 Å². The Bertz CT molecular complexity index is 590. The summed E-state index contributed by atoms with van der Waals surface area (Å²) in [5, 5.41) is 0. The first-order valence-corrected chi connectivity index (χ1v) is 9.77. The fourth-order valence-electron chi connectivity index (χ4n) is 2.63. The smallest absolute Gasteiger partial charge is 0.236 e. The average Bonchev–Trinajstić information content (AvgIpc) is 2.54. The van der Waals surface area contributed by atoms with Crippen molar-refractivity contribution in [2.45, 2.75) is 6.42 Å². The number of rotatable bonds is 7. The summed E-state index contributed by atoms with van der Waals surface area (Å²) in [4.78, 5) is 16.1. The molecule has 23 heavy (non-hydrogen) atoms. The van der Waals surface area contributed by atoms with Crippen LogP contribution >= 0.6 is 0 Å². The first-order valence-electron chi connectivity index (χ1n) is 7.95. The zero-order valence-electron chi connectivity index (χ0n) is 13.4. The lowest BCUT2D eigenvalue weighted by molar-refractivity contribution is -0.132. The Hall–Kier alpha value is -1.44. The first-order chi connectivity index (χ1) is 11.0. The minimum atomic E-state index is -2.91. The molecule has 0 aromatic heterocycles. The maximum Gasteiger partial charge on any atom is 0.236 e. The summed E-state index contributed by atoms with van der Waals surface area (Å²) in [6, 6.07) is 10.0. The predicted octanol–water partition coefficient (Wildman–Crippen LogP) is -0.253. The molecule has 128 valence electrons. The summed E-state index contributed by atoms with van der Waals surface area (Å²) in [5.74, 6) is 0.299. The van der Waals surface area contributed by atoms with Gasteiger partial charge in [0, 0.05) is 32.7 Å². The number of benzene rings is 1. The molecule has 1 aromatic carbocycles. The van der Waals surface area contributed by atoms with Crippen molar-refractivity contribution in [2.24, 2.45) is 5.73 Å². The van der Waals surface area contributed by atoms with Crippen LogP contribution in [0, 0.1) is 0 Å². The van der Waals surface area contributed by atoms with E-state index in [0.29, 0.717) is 32.7 Å². The van der Waals surface area contributed by atoms with Crippen LogP contribution in [0.3, 0.4) is 0 Å². The molecule has 1 aliphatic heterocycles. The fourth-order valence-corrected chi connectivity index (χ4v) is 3.90. The van der Waals surface area contributed by atoms with E-state index in [1.165, 1.54) is 5.56 Å². The number of amides is 1. The zero-order valence-corrected chi connectivity index (χ0v) is 14.2. The van der Waals surface area contributed by atoms with Crippen molar-refractivity contribution in [3.8, 4) is 0 Å². The van der Waals surface area contributed by atoms with Crippen LogP contribution in [-0.4, -0.2) is 74.9 Å². The Morgan fingerprint density at radius 3 is 2.39 bits per heavy atom. The molecule has 0 aliphatic carbocycles. The van der Waals surface area contributed by atoms with Crippen LogP contribution in [-0.2, 0) is 21.1 Å². The van der Waals surface area contributed by atoms with Gasteiger partial charge in [-0.05, 0) is 12.0 Å². The van der Waals surface area contributed by atoms with Crippen molar-refractivity contribution in [3.05, 3.63) is 35.9 Å². The highest BCUT2D eigenvalue weighted by Gasteiger charge is 2.24. The standard InChI is InChI=1S/C16H25N3O3S/c17-7-9-19(8-6-15-4-2-1-3-5-15)16(20)14-18-10-12-23(21,22)13-11-18/h1-5H,6-14,17H2. The summed E-state index contributed by atoms with van der Waals surface area (Å²) in [6.07, 6.45) is 0.793. The minimum Gasteiger partial charge on any atom is -0.340 e. The number of nitrogens with zero attached hydrogens (tertiary/aromatic N) is 2. The van der Waals surface area contributed by atoms with E-state index in [9.17, 15) is 13.2 Å². The second kappa shape index (κ2) is 8.42. The lowest BCUT2D eigenvalue weighted by Crippen LogP contribution is -2.47. The second-order valence-electron chi connectivity index (χ2n) is 5.83. The van der Waals surface area contributed by atoms with Gasteiger partial charge in [0.05, 0.1) is 18.1 Å². The van der Waals surface area contributed by atoms with Crippen LogP contribution < -0.4 is 5.73 Å². The molecule has 0 unspecified atom stereocenters. The molecular formula is C16H25N3O3S. The van der Waals surface area contributed by atoms with Gasteiger partial charge in [0.1, 0.15) is 0 Å². The normalized spacial score (nSPS) is 17.8. The maximum atomic E-state index is 12.5. The Kier molecular flexibility index (Phi) is 6.56. The highest BCUT2D eigenvalue weighted by atomic mass is 32.2. The molecule has 2 N–H and O–H groups in total. The lowest BCUT2D eigenvalue weighted by atomic mass is 10.1. The van der Waals surface area contributed by atoms with E-state index in [2.05, 4.69) is 0 Å². The number of carbonyl (C=O) groups excluding carboxylic acids is 1. The van der Waals surface area contributed by atoms with Gasteiger partial charge in [0.15, 0.2) is 9.84 Å². The molecule has 0 atom stereocenters. The summed E-state index contributed by atoms with van der Waals surface area (Å²) < 4.78 is 22.9. The summed E-state index contributed by atoms with van der Waals surface area (Å²) in [6.45, 7) is 2.72. The molecule has 1 amide bonds. The molecule has 1 aliphatic rings. The van der Waals surface area contributed by atoms with E-state index in [1.54, 1.807) is 4.90 Å². The Morgan fingerprint density at radius 2 is 1.78 bits per heavy atom. The van der Waals surface area contributed by atoms with Crippen LogP contribution in [0.2, 0.25) is 0 Å². The third kappa shape index (κ3) is 5.93. The predicted molar refractivity (Wildman–Crippen MR) is 90.9 cm³/mol. The van der Waals surface area contributed by atoms with E-state index in [1.807, 2.05) is 35.2 Å². The van der Waals surface area contributed by atoms with E-state index in [0.717, 1.165) is 6.42 Å². The molecule has 0 radical (unpaired) electrons. The van der Waals surface area contributed by atoms with Crippen molar-refractivity contribution in [3.63, 3.8) is 0 Å². The van der Waals surface area contributed by atoms with Gasteiger partial charge in [-0.25, -0.2) is 8.42 Å². The first kappa shape index (κ1) is 17.9. The average molecular weight is 339 g/mol. The molecule has 0 saturated carbocycles. The molecule has 2 rings (SSSR count). The number of carbonyl (C=O) groups is 1.